The quantitative estimate of drug-likeness (QED) is 0.588. The molecule has 0 radical (unpaired) electrons. The smallest absolute Gasteiger partial charge is 0.325 e. The topological polar surface area (TPSA) is 58.6 Å². The van der Waals surface area contributed by atoms with Gasteiger partial charge in [-0.3, -0.25) is 9.69 Å². The molecule has 1 fully saturated rings. The van der Waals surface area contributed by atoms with Crippen molar-refractivity contribution in [2.45, 2.75) is 16.9 Å². The zero-order valence-electron chi connectivity index (χ0n) is 14.2. The Labute approximate surface area is 171 Å². The molecule has 0 bridgehead atoms. The molecule has 0 aliphatic carbocycles. The molecule has 2 aromatic rings. The number of urea groups is 1. The summed E-state index contributed by atoms with van der Waals surface area (Å²) in [5, 5.41) is 4.08. The van der Waals surface area contributed by atoms with Crippen LogP contribution in [0.5, 0.6) is 5.75 Å². The minimum Gasteiger partial charge on any atom is -0.493 e. The molecule has 1 unspecified atom stereocenters. The molecule has 3 amide bonds. The van der Waals surface area contributed by atoms with Crippen molar-refractivity contribution >= 4 is 46.9 Å². The number of amides is 3. The highest BCUT2D eigenvalue weighted by atomic mass is 35.5. The van der Waals surface area contributed by atoms with Crippen molar-refractivity contribution in [2.24, 2.45) is 0 Å². The Balaban J connectivity index is 1.50. The van der Waals surface area contributed by atoms with Gasteiger partial charge in [0, 0.05) is 34.2 Å². The highest BCUT2D eigenvalue weighted by Gasteiger charge is 2.54. The zero-order valence-corrected chi connectivity index (χ0v) is 16.5. The maximum absolute atomic E-state index is 13.1. The molecular formula is C19H16Cl2N2O3S. The van der Waals surface area contributed by atoms with Crippen LogP contribution >= 0.6 is 35.0 Å². The molecular weight excluding hydrogens is 407 g/mol. The highest BCUT2D eigenvalue weighted by Crippen LogP contribution is 2.41. The van der Waals surface area contributed by atoms with Crippen molar-refractivity contribution in [3.8, 4) is 5.75 Å². The van der Waals surface area contributed by atoms with Crippen molar-refractivity contribution < 1.29 is 14.3 Å². The summed E-state index contributed by atoms with van der Waals surface area (Å²) in [4.78, 5) is 27.8. The molecule has 0 aromatic heterocycles. The molecule has 27 heavy (non-hydrogen) atoms. The van der Waals surface area contributed by atoms with Gasteiger partial charge >= 0.3 is 6.03 Å². The summed E-state index contributed by atoms with van der Waals surface area (Å²) in [5.74, 6) is 0.924. The third kappa shape index (κ3) is 3.26. The van der Waals surface area contributed by atoms with Gasteiger partial charge in [-0.2, -0.15) is 0 Å². The van der Waals surface area contributed by atoms with Crippen LogP contribution in [-0.2, 0) is 10.3 Å². The van der Waals surface area contributed by atoms with Crippen molar-refractivity contribution in [1.29, 1.82) is 0 Å². The third-order valence-electron chi connectivity index (χ3n) is 4.72. The van der Waals surface area contributed by atoms with Gasteiger partial charge in [0.25, 0.3) is 5.91 Å². The van der Waals surface area contributed by atoms with E-state index in [2.05, 4.69) is 5.32 Å². The summed E-state index contributed by atoms with van der Waals surface area (Å²) < 4.78 is 5.64. The molecule has 5 nitrogen and oxygen atoms in total. The lowest BCUT2D eigenvalue weighted by molar-refractivity contribution is -0.132. The van der Waals surface area contributed by atoms with E-state index >= 15 is 0 Å². The van der Waals surface area contributed by atoms with Gasteiger partial charge in [0.05, 0.1) is 11.6 Å². The minimum atomic E-state index is -1.04. The lowest BCUT2D eigenvalue weighted by atomic mass is 9.84. The van der Waals surface area contributed by atoms with Crippen molar-refractivity contribution in [3.05, 3.63) is 58.1 Å². The number of ether oxygens (including phenoxy) is 1. The second-order valence-corrected chi connectivity index (χ2v) is 8.29. The number of nitrogens with zero attached hydrogens (tertiary/aromatic N) is 1. The van der Waals surface area contributed by atoms with Crippen molar-refractivity contribution in [2.75, 3.05) is 18.9 Å². The number of rotatable bonds is 4. The van der Waals surface area contributed by atoms with E-state index < -0.39 is 5.54 Å². The van der Waals surface area contributed by atoms with Crippen LogP contribution in [0.25, 0.3) is 0 Å². The molecule has 4 rings (SSSR count). The summed E-state index contributed by atoms with van der Waals surface area (Å²) in [6, 6.07) is 12.2. The van der Waals surface area contributed by atoms with E-state index in [9.17, 15) is 9.59 Å². The van der Waals surface area contributed by atoms with E-state index in [1.54, 1.807) is 18.2 Å². The molecule has 0 saturated carbocycles. The first kappa shape index (κ1) is 18.5. The summed E-state index contributed by atoms with van der Waals surface area (Å²) in [5.41, 5.74) is -0.327. The van der Waals surface area contributed by atoms with Gasteiger partial charge in [-0.05, 0) is 24.3 Å². The standard InChI is InChI=1S/C19H16Cl2N2O3S/c20-12-5-6-14(21)16(11-12)27-10-8-23-17(24)19(22-18(23)25)7-9-26-15-4-2-1-3-13(15)19/h1-6,11H,7-10H2,(H,22,25). The monoisotopic (exact) mass is 422 g/mol. The Morgan fingerprint density at radius 3 is 2.85 bits per heavy atom. The number of halogens is 2. The first-order valence-corrected chi connectivity index (χ1v) is 10.2. The van der Waals surface area contributed by atoms with E-state index in [1.165, 1.54) is 16.7 Å². The number of nitrogens with one attached hydrogen (secondary N) is 1. The fourth-order valence-electron chi connectivity index (χ4n) is 3.41. The fourth-order valence-corrected chi connectivity index (χ4v) is 4.84. The van der Waals surface area contributed by atoms with Crippen LogP contribution in [0.15, 0.2) is 47.4 Å². The molecule has 2 aliphatic heterocycles. The predicted octanol–water partition coefficient (Wildman–Crippen LogP) is 4.32. The Morgan fingerprint density at radius 1 is 1.19 bits per heavy atom. The number of fused-ring (bicyclic) bond motifs is 2. The fraction of sp³-hybridized carbons (Fsp3) is 0.263. The van der Waals surface area contributed by atoms with Crippen molar-refractivity contribution in [3.63, 3.8) is 0 Å². The molecule has 2 aliphatic rings. The number of imide groups is 1. The molecule has 1 saturated heterocycles. The van der Waals surface area contributed by atoms with Crippen LogP contribution < -0.4 is 10.1 Å². The summed E-state index contributed by atoms with van der Waals surface area (Å²) >= 11 is 13.6. The first-order chi connectivity index (χ1) is 13.0. The average molecular weight is 423 g/mol. The van der Waals surface area contributed by atoms with Crippen LogP contribution in [0.1, 0.15) is 12.0 Å². The molecule has 1 spiro atoms. The molecule has 2 heterocycles. The van der Waals surface area contributed by atoms with Crippen molar-refractivity contribution in [1.82, 2.24) is 10.2 Å². The van der Waals surface area contributed by atoms with E-state index in [-0.39, 0.29) is 18.5 Å². The van der Waals surface area contributed by atoms with E-state index in [1.807, 2.05) is 24.3 Å². The summed E-state index contributed by atoms with van der Waals surface area (Å²) in [6.45, 7) is 0.659. The lowest BCUT2D eigenvalue weighted by Gasteiger charge is -2.33. The third-order valence-corrected chi connectivity index (χ3v) is 6.44. The van der Waals surface area contributed by atoms with Gasteiger partial charge in [0.15, 0.2) is 5.54 Å². The lowest BCUT2D eigenvalue weighted by Crippen LogP contribution is -2.47. The molecule has 8 heteroatoms. The van der Waals surface area contributed by atoms with Crippen LogP contribution in [0, 0.1) is 0 Å². The molecule has 1 atom stereocenters. The number of thioether (sulfide) groups is 1. The van der Waals surface area contributed by atoms with Crippen LogP contribution in [-0.4, -0.2) is 35.7 Å². The van der Waals surface area contributed by atoms with Gasteiger partial charge in [-0.15, -0.1) is 11.8 Å². The maximum Gasteiger partial charge on any atom is 0.325 e. The van der Waals surface area contributed by atoms with E-state index in [0.717, 1.165) is 4.90 Å². The SMILES string of the molecule is O=C1NC2(CCOc3ccccc32)C(=O)N1CCSc1cc(Cl)ccc1Cl. The predicted molar refractivity (Wildman–Crippen MR) is 106 cm³/mol. The summed E-state index contributed by atoms with van der Waals surface area (Å²) in [7, 11) is 0. The van der Waals surface area contributed by atoms with Gasteiger partial charge in [-0.1, -0.05) is 41.4 Å². The molecule has 140 valence electrons. The normalized spacial score (nSPS) is 21.2. The maximum atomic E-state index is 13.1. The Kier molecular flexibility index (Phi) is 4.97. The zero-order chi connectivity index (χ0) is 19.0. The largest absolute Gasteiger partial charge is 0.493 e. The second kappa shape index (κ2) is 7.26. The average Bonchev–Trinajstić information content (AvgIpc) is 2.89. The summed E-state index contributed by atoms with van der Waals surface area (Å²) in [6.07, 6.45) is 0.415. The number of carbonyl (C=O) groups excluding carboxylic acids is 2. The molecule has 1 N–H and O–H groups in total. The van der Waals surface area contributed by atoms with E-state index in [4.69, 9.17) is 27.9 Å². The minimum absolute atomic E-state index is 0.235. The Bertz CT molecular complexity index is 924. The second-order valence-electron chi connectivity index (χ2n) is 6.31. The number of hydrogen-bond donors (Lipinski definition) is 1. The number of para-hydroxylation sites is 1. The number of carbonyl (C=O) groups is 2. The van der Waals surface area contributed by atoms with Gasteiger partial charge in [0.1, 0.15) is 5.75 Å². The van der Waals surface area contributed by atoms with Gasteiger partial charge < -0.3 is 10.1 Å². The van der Waals surface area contributed by atoms with Crippen LogP contribution in [0.3, 0.4) is 0 Å². The Hall–Kier alpha value is -1.89. The first-order valence-electron chi connectivity index (χ1n) is 8.45. The highest BCUT2D eigenvalue weighted by molar-refractivity contribution is 7.99. The van der Waals surface area contributed by atoms with Crippen LogP contribution in [0.4, 0.5) is 4.79 Å². The van der Waals surface area contributed by atoms with Crippen LogP contribution in [0.2, 0.25) is 10.0 Å². The molecule has 2 aromatic carbocycles. The van der Waals surface area contributed by atoms with E-state index in [0.29, 0.717) is 40.1 Å². The number of benzene rings is 2. The Morgan fingerprint density at radius 2 is 2.00 bits per heavy atom. The van der Waals surface area contributed by atoms with Gasteiger partial charge in [-0.25, -0.2) is 4.79 Å². The van der Waals surface area contributed by atoms with Gasteiger partial charge in [0.2, 0.25) is 0 Å². The number of hydrogen-bond acceptors (Lipinski definition) is 4.